The number of hydrogen-bond acceptors (Lipinski definition) is 0. The van der Waals surface area contributed by atoms with E-state index in [9.17, 15) is 0 Å². The molecular weight excluding hydrogens is 92.5 g/mol. The van der Waals surface area contributed by atoms with Crippen LogP contribution in [0, 0.1) is 0 Å². The van der Waals surface area contributed by atoms with Gasteiger partial charge in [0.2, 0.25) is 0 Å². The third kappa shape index (κ3) is 4.36. The second-order valence-corrected chi connectivity index (χ2v) is 2.68. The first kappa shape index (κ1) is 8.19. The van der Waals surface area contributed by atoms with Crippen LogP contribution in [-0.4, -0.2) is 21.3 Å². The van der Waals surface area contributed by atoms with Crippen LogP contribution in [0.3, 0.4) is 0 Å². The van der Waals surface area contributed by atoms with Crippen molar-refractivity contribution >= 4 is 21.3 Å². The molecule has 0 N–H and O–H groups in total. The highest BCUT2D eigenvalue weighted by molar-refractivity contribution is 6.74. The molecule has 0 saturated carbocycles. The Hall–Kier alpha value is 0.195. The molecule has 0 aliphatic rings. The van der Waals surface area contributed by atoms with Gasteiger partial charge >= 0.3 is 0 Å². The van der Waals surface area contributed by atoms with E-state index in [1.165, 1.54) is 27.0 Å². The van der Waals surface area contributed by atoms with Crippen LogP contribution in [0.25, 0.3) is 0 Å². The summed E-state index contributed by atoms with van der Waals surface area (Å²) in [7, 11) is 2.70. The van der Waals surface area contributed by atoms with Crippen molar-refractivity contribution in [3.05, 3.63) is 0 Å². The second kappa shape index (κ2) is 5.33. The molecule has 0 aliphatic carbocycles. The predicted molar refractivity (Wildman–Crippen MR) is 47.3 cm³/mol. The molecule has 0 radical (unpaired) electrons. The molecule has 0 bridgehead atoms. The summed E-state index contributed by atoms with van der Waals surface area (Å²) in [6, 6.07) is 0. The SMILES string of the molecule is CBCB(C)CBC. The van der Waals surface area contributed by atoms with Crippen LogP contribution in [0.4, 0.5) is 0 Å². The van der Waals surface area contributed by atoms with Crippen LogP contribution in [0.15, 0.2) is 0 Å². The van der Waals surface area contributed by atoms with E-state index in [-0.39, 0.29) is 0 Å². The van der Waals surface area contributed by atoms with Gasteiger partial charge < -0.3 is 0 Å². The van der Waals surface area contributed by atoms with Crippen molar-refractivity contribution in [1.29, 1.82) is 0 Å². The van der Waals surface area contributed by atoms with Crippen molar-refractivity contribution in [2.75, 3.05) is 0 Å². The van der Waals surface area contributed by atoms with E-state index >= 15 is 0 Å². The van der Waals surface area contributed by atoms with E-state index in [0.29, 0.717) is 0 Å². The second-order valence-electron chi connectivity index (χ2n) is 2.68. The summed E-state index contributed by atoms with van der Waals surface area (Å²) in [5.74, 6) is 0. The average molecular weight is 108 g/mol. The molecule has 0 atom stereocenters. The summed E-state index contributed by atoms with van der Waals surface area (Å²) in [6.07, 6.45) is 2.82. The van der Waals surface area contributed by atoms with Gasteiger partial charge in [0.1, 0.15) is 21.3 Å². The maximum absolute atomic E-state index is 2.34. The molecule has 0 spiro atoms. The molecule has 0 aromatic carbocycles. The molecule has 0 saturated heterocycles. The molecular formula is C5H15B3. The Morgan fingerprint density at radius 2 is 1.50 bits per heavy atom. The normalized spacial score (nSPS) is 8.38. The summed E-state index contributed by atoms with van der Waals surface area (Å²) in [5.41, 5.74) is 0. The molecule has 0 unspecified atom stereocenters. The van der Waals surface area contributed by atoms with Crippen LogP contribution in [0.5, 0.6) is 0 Å². The van der Waals surface area contributed by atoms with E-state index in [2.05, 4.69) is 20.5 Å². The zero-order valence-electron chi connectivity index (χ0n) is 6.41. The van der Waals surface area contributed by atoms with Crippen LogP contribution in [0.2, 0.25) is 32.9 Å². The molecule has 0 aromatic heterocycles. The molecule has 0 heterocycles. The zero-order valence-corrected chi connectivity index (χ0v) is 6.41. The molecule has 0 rings (SSSR count). The summed E-state index contributed by atoms with van der Waals surface area (Å²) < 4.78 is 0. The highest BCUT2D eigenvalue weighted by Crippen LogP contribution is 1.94. The first-order chi connectivity index (χ1) is 3.81. The highest BCUT2D eigenvalue weighted by Gasteiger charge is 2.02. The van der Waals surface area contributed by atoms with Gasteiger partial charge in [-0.1, -0.05) is 32.9 Å². The lowest BCUT2D eigenvalue weighted by Gasteiger charge is -1.99. The van der Waals surface area contributed by atoms with E-state index in [0.717, 1.165) is 6.71 Å². The molecule has 0 amide bonds. The van der Waals surface area contributed by atoms with Crippen molar-refractivity contribution in [3.63, 3.8) is 0 Å². The standard InChI is InChI=1S/C5H15B3/c1-6-4-8(3)5-7-2/h6-7H,4-5H2,1-3H3. The van der Waals surface area contributed by atoms with Gasteiger partial charge in [0.15, 0.2) is 0 Å². The average Bonchev–Trinajstić information content (AvgIpc) is 1.68. The monoisotopic (exact) mass is 108 g/mol. The van der Waals surface area contributed by atoms with Crippen molar-refractivity contribution in [2.24, 2.45) is 0 Å². The fourth-order valence-electron chi connectivity index (χ4n) is 1.13. The Balaban J connectivity index is 2.92. The Morgan fingerprint density at radius 1 is 1.12 bits per heavy atom. The van der Waals surface area contributed by atoms with Crippen LogP contribution < -0.4 is 0 Å². The Kier molecular flexibility index (Phi) is 5.46. The smallest absolute Gasteiger partial charge is 0.0990 e. The first-order valence-corrected chi connectivity index (χ1v) is 3.81. The van der Waals surface area contributed by atoms with Gasteiger partial charge in [-0.25, -0.2) is 0 Å². The van der Waals surface area contributed by atoms with Gasteiger partial charge in [0.05, 0.1) is 0 Å². The number of rotatable bonds is 4. The lowest BCUT2D eigenvalue weighted by atomic mass is 9.32. The lowest BCUT2D eigenvalue weighted by Crippen LogP contribution is -2.10. The summed E-state index contributed by atoms with van der Waals surface area (Å²) in [5, 5.41) is 0. The minimum absolute atomic E-state index is 0.963. The number of hydrogen-bond donors (Lipinski definition) is 0. The third-order valence-corrected chi connectivity index (χ3v) is 1.56. The minimum Gasteiger partial charge on any atom is -0.0990 e. The van der Waals surface area contributed by atoms with Crippen molar-refractivity contribution in [3.8, 4) is 0 Å². The molecule has 8 heavy (non-hydrogen) atoms. The summed E-state index contributed by atoms with van der Waals surface area (Å²) in [6.45, 7) is 7.82. The largest absolute Gasteiger partial charge is 0.121 e. The maximum Gasteiger partial charge on any atom is 0.121 e. The quantitative estimate of drug-likeness (QED) is 0.470. The van der Waals surface area contributed by atoms with Gasteiger partial charge in [-0.15, -0.1) is 0 Å². The van der Waals surface area contributed by atoms with Crippen LogP contribution >= 0.6 is 0 Å². The van der Waals surface area contributed by atoms with E-state index < -0.39 is 0 Å². The van der Waals surface area contributed by atoms with E-state index in [1.54, 1.807) is 0 Å². The third-order valence-electron chi connectivity index (χ3n) is 1.56. The predicted octanol–water partition coefficient (Wildman–Crippen LogP) is 0.995. The molecule has 44 valence electrons. The molecule has 0 nitrogen and oxygen atoms in total. The van der Waals surface area contributed by atoms with Crippen molar-refractivity contribution in [1.82, 2.24) is 0 Å². The lowest BCUT2D eigenvalue weighted by molar-refractivity contribution is 1.71. The van der Waals surface area contributed by atoms with Gasteiger partial charge in [-0.3, -0.25) is 0 Å². The Morgan fingerprint density at radius 3 is 1.75 bits per heavy atom. The first-order valence-electron chi connectivity index (χ1n) is 3.81. The van der Waals surface area contributed by atoms with E-state index in [1.807, 2.05) is 0 Å². The summed E-state index contributed by atoms with van der Waals surface area (Å²) >= 11 is 0. The maximum atomic E-state index is 2.34. The minimum atomic E-state index is 0.963. The topological polar surface area (TPSA) is 0 Å². The van der Waals surface area contributed by atoms with Crippen LogP contribution in [-0.2, 0) is 0 Å². The van der Waals surface area contributed by atoms with Gasteiger partial charge in [0, 0.05) is 0 Å². The van der Waals surface area contributed by atoms with E-state index in [4.69, 9.17) is 0 Å². The fourth-order valence-corrected chi connectivity index (χ4v) is 1.13. The van der Waals surface area contributed by atoms with Gasteiger partial charge in [-0.05, 0) is 0 Å². The highest BCUT2D eigenvalue weighted by atomic mass is 13.5. The Bertz CT molecular complexity index is 40.9. The zero-order chi connectivity index (χ0) is 6.41. The fraction of sp³-hybridized carbons (Fsp3) is 1.00. The molecule has 0 fully saturated rings. The molecule has 3 heteroatoms. The van der Waals surface area contributed by atoms with Crippen molar-refractivity contribution < 1.29 is 0 Å². The molecule has 0 aliphatic heterocycles. The van der Waals surface area contributed by atoms with Crippen molar-refractivity contribution in [2.45, 2.75) is 32.9 Å². The summed E-state index contributed by atoms with van der Waals surface area (Å²) in [4.78, 5) is 0. The van der Waals surface area contributed by atoms with Gasteiger partial charge in [-0.2, -0.15) is 0 Å². The van der Waals surface area contributed by atoms with Crippen LogP contribution in [0.1, 0.15) is 0 Å². The van der Waals surface area contributed by atoms with Gasteiger partial charge in [0.25, 0.3) is 0 Å². The Labute approximate surface area is 55.0 Å². The molecule has 0 aromatic rings.